The second-order valence-electron chi connectivity index (χ2n) is 14.2. The molecule has 0 saturated heterocycles. The molecule has 1 aliphatic rings. The van der Waals surface area contributed by atoms with Crippen LogP contribution in [0.4, 0.5) is 0 Å². The molecule has 0 unspecified atom stereocenters. The van der Waals surface area contributed by atoms with Gasteiger partial charge in [-0.3, -0.25) is 33.6 Å². The maximum atomic E-state index is 14.1. The van der Waals surface area contributed by atoms with Gasteiger partial charge in [0.2, 0.25) is 35.4 Å². The molecule has 0 aromatic heterocycles. The van der Waals surface area contributed by atoms with Crippen molar-refractivity contribution in [2.45, 2.75) is 122 Å². The number of nitrogens with one attached hydrogen (secondary N) is 4. The van der Waals surface area contributed by atoms with E-state index in [1.807, 2.05) is 0 Å². The highest BCUT2D eigenvalue weighted by Crippen LogP contribution is 2.28. The van der Waals surface area contributed by atoms with Gasteiger partial charge in [0.15, 0.2) is 0 Å². The SMILES string of the molecule is CC(=O)N[C@@H](CCC(N)=O)C(=O)N[C@@H](CC1CCCCC1)C(=O)N(C)[C@@H](CC(=O)O)C(=O)N[C@@H](CC(C)C)C(=O)N[C@@H](Cc1ccc(Cl)c(Cl)c1)C(=O)O. The third kappa shape index (κ3) is 15.5. The molecule has 0 aliphatic heterocycles. The van der Waals surface area contributed by atoms with Crippen LogP contribution in [0, 0.1) is 11.8 Å². The zero-order valence-electron chi connectivity index (χ0n) is 31.0. The number of carbonyl (C=O) groups excluding carboxylic acids is 6. The van der Waals surface area contributed by atoms with Crippen LogP contribution in [-0.2, 0) is 44.8 Å². The normalized spacial score (nSPS) is 15.8. The van der Waals surface area contributed by atoms with Crippen LogP contribution in [0.5, 0.6) is 0 Å². The van der Waals surface area contributed by atoms with Gasteiger partial charge in [0.25, 0.3) is 0 Å². The van der Waals surface area contributed by atoms with Gasteiger partial charge in [-0.15, -0.1) is 0 Å². The number of carboxylic acid groups (broad SMARTS) is 2. The number of hydrogen-bond acceptors (Lipinski definition) is 8. The Morgan fingerprint density at radius 3 is 1.96 bits per heavy atom. The molecule has 1 fully saturated rings. The highest BCUT2D eigenvalue weighted by molar-refractivity contribution is 6.42. The third-order valence-electron chi connectivity index (χ3n) is 9.15. The van der Waals surface area contributed by atoms with E-state index >= 15 is 0 Å². The molecule has 0 heterocycles. The van der Waals surface area contributed by atoms with E-state index in [0.717, 1.165) is 37.0 Å². The number of rotatable bonds is 21. The van der Waals surface area contributed by atoms with Gasteiger partial charge in [-0.2, -0.15) is 0 Å². The molecule has 54 heavy (non-hydrogen) atoms. The van der Waals surface area contributed by atoms with Crippen LogP contribution < -0.4 is 27.0 Å². The molecule has 5 atom stereocenters. The van der Waals surface area contributed by atoms with Gasteiger partial charge in [0.1, 0.15) is 30.2 Å². The number of nitrogens with zero attached hydrogens (tertiary/aromatic N) is 1. The van der Waals surface area contributed by atoms with E-state index in [4.69, 9.17) is 28.9 Å². The number of nitrogens with two attached hydrogens (primary N) is 1. The van der Waals surface area contributed by atoms with E-state index in [1.165, 1.54) is 26.1 Å². The van der Waals surface area contributed by atoms with Crippen molar-refractivity contribution >= 4 is 70.6 Å². The van der Waals surface area contributed by atoms with Crippen molar-refractivity contribution < 1.29 is 48.6 Å². The number of likely N-dealkylation sites (N-methyl/N-ethyl adjacent to an activating group) is 1. The van der Waals surface area contributed by atoms with Crippen molar-refractivity contribution in [3.05, 3.63) is 33.8 Å². The topological polar surface area (TPSA) is 254 Å². The van der Waals surface area contributed by atoms with Crippen LogP contribution >= 0.6 is 23.2 Å². The maximum absolute atomic E-state index is 14.1. The molecule has 1 aromatic carbocycles. The van der Waals surface area contributed by atoms with Crippen LogP contribution in [0.3, 0.4) is 0 Å². The van der Waals surface area contributed by atoms with E-state index < -0.39 is 84.0 Å². The van der Waals surface area contributed by atoms with E-state index in [-0.39, 0.29) is 54.0 Å². The summed E-state index contributed by atoms with van der Waals surface area (Å²) >= 11 is 12.0. The summed E-state index contributed by atoms with van der Waals surface area (Å²) in [4.78, 5) is 103. The van der Waals surface area contributed by atoms with Gasteiger partial charge in [-0.25, -0.2) is 4.79 Å². The molecule has 0 bridgehead atoms. The molecular weight excluding hydrogens is 747 g/mol. The zero-order chi connectivity index (χ0) is 40.7. The molecule has 1 aromatic rings. The van der Waals surface area contributed by atoms with Crippen LogP contribution in [-0.4, -0.2) is 99.8 Å². The van der Waals surface area contributed by atoms with Crippen LogP contribution in [0.15, 0.2) is 18.2 Å². The van der Waals surface area contributed by atoms with E-state index in [9.17, 15) is 48.6 Å². The standard InChI is InChI=1S/C36H52Cl2N6O10/c1-19(2)14-26(33(50)43-28(36(53)54)17-22-10-11-23(37)24(38)15-22)41-34(51)29(18-31(47)48)44(4)35(52)27(16-21-8-6-5-7-9-21)42-32(49)25(40-20(3)45)12-13-30(39)46/h10-11,15,19,21,25-29H,5-9,12-14,16-18H2,1-4H3,(H2,39,46)(H,40,45)(H,41,51)(H,42,49)(H,43,50)(H,47,48)(H,53,54)/t25-,26-,27-,28-,29-/m0/s1. The Bertz CT molecular complexity index is 1540. The Kier molecular flexibility index (Phi) is 18.7. The van der Waals surface area contributed by atoms with Crippen molar-refractivity contribution in [1.29, 1.82) is 0 Å². The quantitative estimate of drug-likeness (QED) is 0.0954. The summed E-state index contributed by atoms with van der Waals surface area (Å²) in [5.74, 6) is -7.64. The minimum Gasteiger partial charge on any atom is -0.481 e. The van der Waals surface area contributed by atoms with Crippen LogP contribution in [0.2, 0.25) is 10.0 Å². The number of benzene rings is 1. The molecule has 16 nitrogen and oxygen atoms in total. The highest BCUT2D eigenvalue weighted by atomic mass is 35.5. The van der Waals surface area contributed by atoms with Gasteiger partial charge in [-0.05, 0) is 48.8 Å². The fourth-order valence-corrected chi connectivity index (χ4v) is 6.69. The molecule has 18 heteroatoms. The molecule has 8 N–H and O–H groups in total. The fourth-order valence-electron chi connectivity index (χ4n) is 6.37. The van der Waals surface area contributed by atoms with Crippen LogP contribution in [0.1, 0.15) is 90.5 Å². The lowest BCUT2D eigenvalue weighted by atomic mass is 9.84. The number of carbonyl (C=O) groups is 8. The number of primary amides is 1. The van der Waals surface area contributed by atoms with E-state index in [2.05, 4.69) is 21.3 Å². The van der Waals surface area contributed by atoms with Crippen molar-refractivity contribution in [1.82, 2.24) is 26.2 Å². The number of halogens is 2. The monoisotopic (exact) mass is 798 g/mol. The molecule has 2 rings (SSSR count). The Morgan fingerprint density at radius 2 is 1.43 bits per heavy atom. The average molecular weight is 800 g/mol. The molecule has 0 spiro atoms. The van der Waals surface area contributed by atoms with Gasteiger partial charge < -0.3 is 42.1 Å². The lowest BCUT2D eigenvalue weighted by molar-refractivity contribution is -0.148. The van der Waals surface area contributed by atoms with Crippen molar-refractivity contribution in [2.24, 2.45) is 17.6 Å². The Balaban J connectivity index is 2.37. The number of carboxylic acids is 2. The van der Waals surface area contributed by atoms with Crippen molar-refractivity contribution in [3.63, 3.8) is 0 Å². The first-order valence-electron chi connectivity index (χ1n) is 17.9. The lowest BCUT2D eigenvalue weighted by Crippen LogP contribution is -2.60. The lowest BCUT2D eigenvalue weighted by Gasteiger charge is -2.34. The Hall–Kier alpha value is -4.44. The molecule has 300 valence electrons. The van der Waals surface area contributed by atoms with Crippen molar-refractivity contribution in [2.75, 3.05) is 7.05 Å². The largest absolute Gasteiger partial charge is 0.481 e. The summed E-state index contributed by atoms with van der Waals surface area (Å²) in [6.07, 6.45) is 3.15. The number of hydrogen-bond donors (Lipinski definition) is 7. The van der Waals surface area contributed by atoms with Gasteiger partial charge in [0, 0.05) is 26.8 Å². The second kappa shape index (κ2) is 22.1. The van der Waals surface area contributed by atoms with Gasteiger partial charge in [-0.1, -0.05) is 75.2 Å². The molecule has 1 aliphatic carbocycles. The first kappa shape index (κ1) is 45.7. The second-order valence-corrected chi connectivity index (χ2v) is 15.0. The minimum absolute atomic E-state index is 0.0168. The predicted octanol–water partition coefficient (Wildman–Crippen LogP) is 2.16. The molecule has 1 saturated carbocycles. The summed E-state index contributed by atoms with van der Waals surface area (Å²) in [6.45, 7) is 4.71. The summed E-state index contributed by atoms with van der Waals surface area (Å²) < 4.78 is 0. The average Bonchev–Trinajstić information content (AvgIpc) is 3.08. The maximum Gasteiger partial charge on any atom is 0.326 e. The highest BCUT2D eigenvalue weighted by Gasteiger charge is 2.38. The Morgan fingerprint density at radius 1 is 0.833 bits per heavy atom. The molecule has 0 radical (unpaired) electrons. The third-order valence-corrected chi connectivity index (χ3v) is 9.89. The minimum atomic E-state index is -1.66. The smallest absolute Gasteiger partial charge is 0.326 e. The predicted molar refractivity (Wildman–Crippen MR) is 199 cm³/mol. The van der Waals surface area contributed by atoms with Gasteiger partial charge >= 0.3 is 11.9 Å². The van der Waals surface area contributed by atoms with Crippen LogP contribution in [0.25, 0.3) is 0 Å². The van der Waals surface area contributed by atoms with Gasteiger partial charge in [0.05, 0.1) is 16.5 Å². The zero-order valence-corrected chi connectivity index (χ0v) is 32.5. The first-order chi connectivity index (χ1) is 25.3. The molecule has 6 amide bonds. The summed E-state index contributed by atoms with van der Waals surface area (Å²) in [6, 6.07) is -2.36. The molecular formula is C36H52Cl2N6O10. The first-order valence-corrected chi connectivity index (χ1v) is 18.7. The number of aliphatic carboxylic acids is 2. The van der Waals surface area contributed by atoms with Crippen molar-refractivity contribution in [3.8, 4) is 0 Å². The summed E-state index contributed by atoms with van der Waals surface area (Å²) in [7, 11) is 1.21. The van der Waals surface area contributed by atoms with E-state index in [1.54, 1.807) is 19.9 Å². The summed E-state index contributed by atoms with van der Waals surface area (Å²) in [5, 5.41) is 30.2. The number of amides is 6. The fraction of sp³-hybridized carbons (Fsp3) is 0.611. The Labute approximate surface area is 324 Å². The summed E-state index contributed by atoms with van der Waals surface area (Å²) in [5.41, 5.74) is 5.72. The van der Waals surface area contributed by atoms with E-state index in [0.29, 0.717) is 5.56 Å².